The third-order valence-corrected chi connectivity index (χ3v) is 5.09. The monoisotopic (exact) mass is 415 g/mol. The minimum absolute atomic E-state index is 0.0145. The van der Waals surface area contributed by atoms with Crippen molar-refractivity contribution in [2.45, 2.75) is 32.1 Å². The molecule has 0 atom stereocenters. The molecule has 4 N–H and O–H groups in total. The number of carbonyl (C=O) groups excluding carboxylic acids is 2. The van der Waals surface area contributed by atoms with E-state index in [0.717, 1.165) is 36.0 Å². The number of hydrogen-bond acceptors (Lipinski definition) is 3. The lowest BCUT2D eigenvalue weighted by molar-refractivity contribution is -0.120. The van der Waals surface area contributed by atoms with Crippen LogP contribution in [0.25, 0.3) is 11.1 Å². The number of rotatable bonds is 10. The Balaban J connectivity index is 1.35. The highest BCUT2D eigenvalue weighted by atomic mass is 16.2. The number of para-hydroxylation sites is 2. The van der Waals surface area contributed by atoms with Crippen LogP contribution in [0.5, 0.6) is 0 Å². The molecule has 0 aliphatic rings. The third-order valence-electron chi connectivity index (χ3n) is 5.09. The number of unbranched alkanes of at least 4 members (excludes halogenated alkanes) is 2. The van der Waals surface area contributed by atoms with E-state index in [1.165, 1.54) is 0 Å². The van der Waals surface area contributed by atoms with Gasteiger partial charge in [-0.25, -0.2) is 0 Å². The predicted octanol–water partition coefficient (Wildman–Crippen LogP) is 4.79. The van der Waals surface area contributed by atoms with Gasteiger partial charge in [0.05, 0.1) is 17.8 Å². The van der Waals surface area contributed by atoms with Crippen molar-refractivity contribution in [1.29, 1.82) is 0 Å². The van der Waals surface area contributed by atoms with Crippen LogP contribution >= 0.6 is 0 Å². The van der Waals surface area contributed by atoms with Crippen molar-refractivity contribution in [2.24, 2.45) is 0 Å². The lowest BCUT2D eigenvalue weighted by Crippen LogP contribution is -2.26. The highest BCUT2D eigenvalue weighted by Crippen LogP contribution is 2.23. The number of hydrogen-bond donors (Lipinski definition) is 3. The zero-order valence-corrected chi connectivity index (χ0v) is 17.6. The molecular weight excluding hydrogens is 386 g/mol. The maximum Gasteiger partial charge on any atom is 0.224 e. The molecule has 0 bridgehead atoms. The molecule has 0 saturated heterocycles. The summed E-state index contributed by atoms with van der Waals surface area (Å²) in [6.07, 6.45) is 3.27. The van der Waals surface area contributed by atoms with E-state index in [4.69, 9.17) is 5.73 Å². The fourth-order valence-corrected chi connectivity index (χ4v) is 3.45. The van der Waals surface area contributed by atoms with Gasteiger partial charge in [-0.2, -0.15) is 0 Å². The van der Waals surface area contributed by atoms with Crippen molar-refractivity contribution in [3.05, 3.63) is 84.4 Å². The van der Waals surface area contributed by atoms with Crippen LogP contribution in [0.4, 0.5) is 11.4 Å². The van der Waals surface area contributed by atoms with E-state index in [2.05, 4.69) is 22.8 Å². The number of benzene rings is 3. The summed E-state index contributed by atoms with van der Waals surface area (Å²) in [5.41, 5.74) is 10.3. The maximum atomic E-state index is 12.4. The molecule has 3 aromatic carbocycles. The minimum Gasteiger partial charge on any atom is -0.397 e. The summed E-state index contributed by atoms with van der Waals surface area (Å²) in [5.74, 6) is -0.0277. The highest BCUT2D eigenvalue weighted by Gasteiger charge is 2.09. The van der Waals surface area contributed by atoms with Gasteiger partial charge in [0.2, 0.25) is 11.8 Å². The van der Waals surface area contributed by atoms with Crippen LogP contribution in [0.3, 0.4) is 0 Å². The van der Waals surface area contributed by atoms with E-state index in [0.29, 0.717) is 30.8 Å². The van der Waals surface area contributed by atoms with Gasteiger partial charge in [-0.1, -0.05) is 73.2 Å². The molecule has 160 valence electrons. The summed E-state index contributed by atoms with van der Waals surface area (Å²) in [5, 5.41) is 5.82. The Morgan fingerprint density at radius 1 is 0.742 bits per heavy atom. The second-order valence-corrected chi connectivity index (χ2v) is 7.50. The standard InChI is InChI=1S/C26H29N3O2/c27-23-15-8-9-16-24(23)29-25(30)17-5-2-10-18-28-26(31)19-21-13-6-7-14-22(21)20-11-3-1-4-12-20/h1,3-4,6-9,11-16H,2,5,10,17-19,27H2,(H,28,31)(H,29,30). The smallest absolute Gasteiger partial charge is 0.224 e. The Labute approximate surface area is 183 Å². The first kappa shape index (κ1) is 22.1. The molecule has 3 aromatic rings. The van der Waals surface area contributed by atoms with Gasteiger partial charge in [-0.3, -0.25) is 9.59 Å². The SMILES string of the molecule is Nc1ccccc1NC(=O)CCCCCNC(=O)Cc1ccccc1-c1ccccc1. The topological polar surface area (TPSA) is 84.2 Å². The second kappa shape index (κ2) is 11.6. The fraction of sp³-hybridized carbons (Fsp3) is 0.231. The maximum absolute atomic E-state index is 12.4. The van der Waals surface area contributed by atoms with Gasteiger partial charge in [0.25, 0.3) is 0 Å². The van der Waals surface area contributed by atoms with Gasteiger partial charge in [0.1, 0.15) is 0 Å². The molecular formula is C26H29N3O2. The van der Waals surface area contributed by atoms with Crippen LogP contribution in [0.15, 0.2) is 78.9 Å². The Kier molecular flexibility index (Phi) is 8.23. The summed E-state index contributed by atoms with van der Waals surface area (Å²) >= 11 is 0. The quantitative estimate of drug-likeness (QED) is 0.329. The minimum atomic E-state index is -0.0422. The number of nitrogen functional groups attached to an aromatic ring is 1. The van der Waals surface area contributed by atoms with E-state index in [-0.39, 0.29) is 11.8 Å². The van der Waals surface area contributed by atoms with Gasteiger partial charge >= 0.3 is 0 Å². The first-order valence-corrected chi connectivity index (χ1v) is 10.7. The van der Waals surface area contributed by atoms with Crippen LogP contribution in [0.1, 0.15) is 31.2 Å². The van der Waals surface area contributed by atoms with Crippen LogP contribution < -0.4 is 16.4 Å². The Morgan fingerprint density at radius 2 is 1.45 bits per heavy atom. The van der Waals surface area contributed by atoms with Gasteiger partial charge in [0.15, 0.2) is 0 Å². The van der Waals surface area contributed by atoms with E-state index in [1.807, 2.05) is 54.6 Å². The number of nitrogens with one attached hydrogen (secondary N) is 2. The molecule has 0 fully saturated rings. The van der Waals surface area contributed by atoms with Crippen molar-refractivity contribution in [2.75, 3.05) is 17.6 Å². The van der Waals surface area contributed by atoms with Crippen molar-refractivity contribution in [3.63, 3.8) is 0 Å². The van der Waals surface area contributed by atoms with E-state index < -0.39 is 0 Å². The summed E-state index contributed by atoms with van der Waals surface area (Å²) < 4.78 is 0. The number of anilines is 2. The predicted molar refractivity (Wildman–Crippen MR) is 127 cm³/mol. The number of nitrogens with two attached hydrogens (primary N) is 1. The fourth-order valence-electron chi connectivity index (χ4n) is 3.45. The number of carbonyl (C=O) groups is 2. The molecule has 0 aliphatic heterocycles. The Hall–Kier alpha value is -3.60. The zero-order valence-electron chi connectivity index (χ0n) is 17.6. The zero-order chi connectivity index (χ0) is 21.9. The summed E-state index contributed by atoms with van der Waals surface area (Å²) in [6.45, 7) is 0.611. The molecule has 0 heterocycles. The van der Waals surface area contributed by atoms with Gasteiger partial charge in [0, 0.05) is 13.0 Å². The van der Waals surface area contributed by atoms with Gasteiger partial charge in [-0.15, -0.1) is 0 Å². The first-order chi connectivity index (χ1) is 15.1. The molecule has 0 aromatic heterocycles. The normalized spacial score (nSPS) is 10.5. The molecule has 0 spiro atoms. The van der Waals surface area contributed by atoms with Gasteiger partial charge < -0.3 is 16.4 Å². The van der Waals surface area contributed by atoms with Crippen molar-refractivity contribution in [3.8, 4) is 11.1 Å². The van der Waals surface area contributed by atoms with E-state index in [9.17, 15) is 9.59 Å². The van der Waals surface area contributed by atoms with Crippen molar-refractivity contribution < 1.29 is 9.59 Å². The van der Waals surface area contributed by atoms with Crippen LogP contribution in [0.2, 0.25) is 0 Å². The molecule has 3 rings (SSSR count). The first-order valence-electron chi connectivity index (χ1n) is 10.7. The lowest BCUT2D eigenvalue weighted by Gasteiger charge is -2.10. The Morgan fingerprint density at radius 3 is 2.26 bits per heavy atom. The molecule has 0 aliphatic carbocycles. The molecule has 5 heteroatoms. The summed E-state index contributed by atoms with van der Waals surface area (Å²) in [6, 6.07) is 25.3. The second-order valence-electron chi connectivity index (χ2n) is 7.50. The molecule has 5 nitrogen and oxygen atoms in total. The summed E-state index contributed by atoms with van der Waals surface area (Å²) in [7, 11) is 0. The number of amides is 2. The average molecular weight is 416 g/mol. The molecule has 31 heavy (non-hydrogen) atoms. The van der Waals surface area contributed by atoms with Crippen molar-refractivity contribution >= 4 is 23.2 Å². The van der Waals surface area contributed by atoms with Gasteiger partial charge in [-0.05, 0) is 41.7 Å². The lowest BCUT2D eigenvalue weighted by atomic mass is 9.97. The highest BCUT2D eigenvalue weighted by molar-refractivity contribution is 5.93. The van der Waals surface area contributed by atoms with Crippen LogP contribution in [0, 0.1) is 0 Å². The summed E-state index contributed by atoms with van der Waals surface area (Å²) in [4.78, 5) is 24.4. The Bertz CT molecular complexity index is 1000. The largest absolute Gasteiger partial charge is 0.397 e. The average Bonchev–Trinajstić information content (AvgIpc) is 2.79. The van der Waals surface area contributed by atoms with Crippen LogP contribution in [-0.2, 0) is 16.0 Å². The van der Waals surface area contributed by atoms with E-state index in [1.54, 1.807) is 12.1 Å². The third kappa shape index (κ3) is 7.00. The van der Waals surface area contributed by atoms with Crippen LogP contribution in [-0.4, -0.2) is 18.4 Å². The van der Waals surface area contributed by atoms with E-state index >= 15 is 0 Å². The molecule has 0 saturated carbocycles. The van der Waals surface area contributed by atoms with Crippen molar-refractivity contribution in [1.82, 2.24) is 5.32 Å². The molecule has 0 radical (unpaired) electrons. The molecule has 2 amide bonds. The molecule has 0 unspecified atom stereocenters.